The molecule has 136 valence electrons. The lowest BCUT2D eigenvalue weighted by Crippen LogP contribution is -2.51. The van der Waals surface area contributed by atoms with Crippen LogP contribution in [0.25, 0.3) is 0 Å². The average Bonchev–Trinajstić information content (AvgIpc) is 2.76. The molecular weight excluding hydrogens is 351 g/mol. The first-order chi connectivity index (χ1) is 12.6. The van der Waals surface area contributed by atoms with Crippen LogP contribution in [0.1, 0.15) is 29.5 Å². The van der Waals surface area contributed by atoms with Crippen molar-refractivity contribution in [2.24, 2.45) is 5.41 Å². The molecule has 1 spiro atoms. The second kappa shape index (κ2) is 7.01. The van der Waals surface area contributed by atoms with E-state index in [9.17, 15) is 9.18 Å². The number of fused-ring (bicyclic) bond motifs is 1. The van der Waals surface area contributed by atoms with Crippen LogP contribution >= 0.6 is 11.6 Å². The monoisotopic (exact) mass is 372 g/mol. The Morgan fingerprint density at radius 3 is 2.77 bits per heavy atom. The van der Waals surface area contributed by atoms with Crippen molar-refractivity contribution in [1.82, 2.24) is 10.2 Å². The number of hydrogen-bond donors (Lipinski definition) is 1. The Morgan fingerprint density at radius 2 is 1.96 bits per heavy atom. The molecule has 1 fully saturated rings. The van der Waals surface area contributed by atoms with Crippen LogP contribution in [0.5, 0.6) is 0 Å². The first kappa shape index (κ1) is 17.5. The quantitative estimate of drug-likeness (QED) is 0.866. The van der Waals surface area contributed by atoms with Gasteiger partial charge in [0.1, 0.15) is 5.82 Å². The second-order valence-electron chi connectivity index (χ2n) is 7.42. The molecule has 0 bridgehead atoms. The van der Waals surface area contributed by atoms with E-state index in [1.165, 1.54) is 17.2 Å². The lowest BCUT2D eigenvalue weighted by Gasteiger charge is -2.41. The molecule has 0 radical (unpaired) electrons. The first-order valence-electron chi connectivity index (χ1n) is 9.08. The van der Waals surface area contributed by atoms with Crippen LogP contribution < -0.4 is 5.32 Å². The first-order valence-corrected chi connectivity index (χ1v) is 9.45. The molecule has 0 saturated carbocycles. The number of benzene rings is 2. The summed E-state index contributed by atoms with van der Waals surface area (Å²) >= 11 is 6.20. The maximum atomic E-state index is 14.2. The van der Waals surface area contributed by atoms with Crippen molar-refractivity contribution < 1.29 is 9.18 Å². The van der Waals surface area contributed by atoms with Crippen LogP contribution in [0.4, 0.5) is 4.39 Å². The van der Waals surface area contributed by atoms with Gasteiger partial charge in [-0.1, -0.05) is 41.9 Å². The van der Waals surface area contributed by atoms with Gasteiger partial charge in [-0.25, -0.2) is 4.39 Å². The molecule has 2 aliphatic rings. The van der Waals surface area contributed by atoms with E-state index in [4.69, 9.17) is 11.6 Å². The van der Waals surface area contributed by atoms with Gasteiger partial charge in [0.15, 0.2) is 0 Å². The van der Waals surface area contributed by atoms with Crippen molar-refractivity contribution >= 4 is 17.5 Å². The highest BCUT2D eigenvalue weighted by atomic mass is 35.5. The zero-order valence-corrected chi connectivity index (χ0v) is 15.4. The molecule has 2 aliphatic heterocycles. The Morgan fingerprint density at radius 1 is 1.15 bits per heavy atom. The van der Waals surface area contributed by atoms with E-state index in [2.05, 4.69) is 22.3 Å². The standard InChI is InChI=1S/C21H22ClFN2O/c22-18-7-3-8-19(23)17(18)13-25-10-4-9-21(14-25)11-15-5-1-2-6-16(15)12-24-20(21)26/h1-3,5-8H,4,9-14H2,(H,24,26). The summed E-state index contributed by atoms with van der Waals surface area (Å²) in [6, 6.07) is 13.0. The zero-order chi connectivity index (χ0) is 18.1. The molecule has 1 amide bonds. The molecule has 2 aromatic carbocycles. The Hall–Kier alpha value is -1.91. The summed E-state index contributed by atoms with van der Waals surface area (Å²) in [6.07, 6.45) is 2.51. The molecule has 1 saturated heterocycles. The summed E-state index contributed by atoms with van der Waals surface area (Å²) in [5.41, 5.74) is 2.48. The van der Waals surface area contributed by atoms with Crippen molar-refractivity contribution in [2.45, 2.75) is 32.4 Å². The Labute approximate surface area is 158 Å². The predicted molar refractivity (Wildman–Crippen MR) is 100 cm³/mol. The van der Waals surface area contributed by atoms with Crippen molar-refractivity contribution in [3.8, 4) is 0 Å². The van der Waals surface area contributed by atoms with E-state index in [0.717, 1.165) is 25.8 Å². The minimum Gasteiger partial charge on any atom is -0.351 e. The van der Waals surface area contributed by atoms with Gasteiger partial charge in [-0.2, -0.15) is 0 Å². The van der Waals surface area contributed by atoms with Gasteiger partial charge in [-0.3, -0.25) is 9.69 Å². The van der Waals surface area contributed by atoms with Crippen molar-refractivity contribution in [3.05, 3.63) is 70.0 Å². The molecule has 4 rings (SSSR count). The van der Waals surface area contributed by atoms with Gasteiger partial charge in [0, 0.05) is 30.2 Å². The third kappa shape index (κ3) is 3.24. The molecule has 0 aliphatic carbocycles. The highest BCUT2D eigenvalue weighted by molar-refractivity contribution is 6.31. The number of rotatable bonds is 2. The number of nitrogens with zero attached hydrogens (tertiary/aromatic N) is 1. The second-order valence-corrected chi connectivity index (χ2v) is 7.83. The topological polar surface area (TPSA) is 32.3 Å². The van der Waals surface area contributed by atoms with E-state index >= 15 is 0 Å². The molecule has 2 heterocycles. The fourth-order valence-electron chi connectivity index (χ4n) is 4.31. The summed E-state index contributed by atoms with van der Waals surface area (Å²) in [5.74, 6) is -0.175. The maximum absolute atomic E-state index is 14.2. The van der Waals surface area contributed by atoms with Gasteiger partial charge in [-0.05, 0) is 49.1 Å². The molecule has 3 nitrogen and oxygen atoms in total. The number of likely N-dealkylation sites (tertiary alicyclic amines) is 1. The highest BCUT2D eigenvalue weighted by Crippen LogP contribution is 2.37. The summed E-state index contributed by atoms with van der Waals surface area (Å²) in [6.45, 7) is 2.48. The molecule has 1 N–H and O–H groups in total. The number of halogens is 2. The van der Waals surface area contributed by atoms with E-state index in [0.29, 0.717) is 30.2 Å². The minimum atomic E-state index is -0.456. The number of hydrogen-bond acceptors (Lipinski definition) is 2. The van der Waals surface area contributed by atoms with Crippen molar-refractivity contribution in [1.29, 1.82) is 0 Å². The van der Waals surface area contributed by atoms with Crippen LogP contribution in [-0.2, 0) is 24.3 Å². The van der Waals surface area contributed by atoms with E-state index in [-0.39, 0.29) is 11.7 Å². The zero-order valence-electron chi connectivity index (χ0n) is 14.6. The highest BCUT2D eigenvalue weighted by Gasteiger charge is 2.43. The molecule has 0 aromatic heterocycles. The lowest BCUT2D eigenvalue weighted by atomic mass is 9.74. The number of piperidine rings is 1. The smallest absolute Gasteiger partial charge is 0.228 e. The Kier molecular flexibility index (Phi) is 4.72. The van der Waals surface area contributed by atoms with Gasteiger partial charge >= 0.3 is 0 Å². The van der Waals surface area contributed by atoms with Gasteiger partial charge < -0.3 is 5.32 Å². The van der Waals surface area contributed by atoms with Crippen molar-refractivity contribution in [2.75, 3.05) is 13.1 Å². The average molecular weight is 373 g/mol. The molecular formula is C21H22ClFN2O. The lowest BCUT2D eigenvalue weighted by molar-refractivity contribution is -0.134. The SMILES string of the molecule is O=C1NCc2ccccc2CC12CCCN(Cc1c(F)cccc1Cl)C2. The van der Waals surface area contributed by atoms with Gasteiger partial charge in [0.25, 0.3) is 0 Å². The van der Waals surface area contributed by atoms with Crippen LogP contribution in [0.3, 0.4) is 0 Å². The summed E-state index contributed by atoms with van der Waals surface area (Å²) in [4.78, 5) is 15.1. The van der Waals surface area contributed by atoms with E-state index in [1.807, 2.05) is 12.1 Å². The van der Waals surface area contributed by atoms with Crippen molar-refractivity contribution in [3.63, 3.8) is 0 Å². The third-order valence-corrected chi connectivity index (χ3v) is 6.02. The maximum Gasteiger partial charge on any atom is 0.228 e. The Balaban J connectivity index is 1.60. The minimum absolute atomic E-state index is 0.109. The number of carbonyl (C=O) groups is 1. The number of carbonyl (C=O) groups excluding carboxylic acids is 1. The predicted octanol–water partition coefficient (Wildman–Crippen LogP) is 3.93. The van der Waals surface area contributed by atoms with Crippen LogP contribution in [-0.4, -0.2) is 23.9 Å². The van der Waals surface area contributed by atoms with Gasteiger partial charge in [0.05, 0.1) is 5.41 Å². The van der Waals surface area contributed by atoms with Gasteiger partial charge in [0.2, 0.25) is 5.91 Å². The fourth-order valence-corrected chi connectivity index (χ4v) is 4.53. The van der Waals surface area contributed by atoms with E-state index < -0.39 is 5.41 Å². The molecule has 2 aromatic rings. The van der Waals surface area contributed by atoms with E-state index in [1.54, 1.807) is 12.1 Å². The summed E-state index contributed by atoms with van der Waals surface area (Å²) < 4.78 is 14.2. The number of amides is 1. The Bertz CT molecular complexity index is 820. The number of nitrogens with one attached hydrogen (secondary N) is 1. The molecule has 1 unspecified atom stereocenters. The largest absolute Gasteiger partial charge is 0.351 e. The third-order valence-electron chi connectivity index (χ3n) is 5.67. The fraction of sp³-hybridized carbons (Fsp3) is 0.381. The summed E-state index contributed by atoms with van der Waals surface area (Å²) in [5, 5.41) is 3.55. The van der Waals surface area contributed by atoms with Gasteiger partial charge in [-0.15, -0.1) is 0 Å². The van der Waals surface area contributed by atoms with Crippen LogP contribution in [0, 0.1) is 11.2 Å². The van der Waals surface area contributed by atoms with Crippen LogP contribution in [0.2, 0.25) is 5.02 Å². The molecule has 5 heteroatoms. The van der Waals surface area contributed by atoms with Crippen LogP contribution in [0.15, 0.2) is 42.5 Å². The normalized spacial score (nSPS) is 23.4. The summed E-state index contributed by atoms with van der Waals surface area (Å²) in [7, 11) is 0. The molecule has 1 atom stereocenters. The molecule has 26 heavy (non-hydrogen) atoms.